The molecule has 1 aromatic rings. The average Bonchev–Trinajstić information content (AvgIpc) is 3.04. The van der Waals surface area contributed by atoms with E-state index in [2.05, 4.69) is 4.90 Å². The number of morpholine rings is 1. The summed E-state index contributed by atoms with van der Waals surface area (Å²) < 4.78 is 95.1. The number of hydrogen-bond donors (Lipinski definition) is 0. The third-order valence-electron chi connectivity index (χ3n) is 5.36. The van der Waals surface area contributed by atoms with Crippen LogP contribution in [-0.2, 0) is 30.8 Å². The molecule has 30 heavy (non-hydrogen) atoms. The number of rotatable bonds is 7. The lowest BCUT2D eigenvalue weighted by molar-refractivity contribution is -0.137. The van der Waals surface area contributed by atoms with Crippen LogP contribution in [0.2, 0.25) is 0 Å². The number of halogens is 3. The number of alkyl halides is 3. The van der Waals surface area contributed by atoms with Crippen molar-refractivity contribution in [2.45, 2.75) is 30.0 Å². The highest BCUT2D eigenvalue weighted by Gasteiger charge is 2.39. The second-order valence-corrected chi connectivity index (χ2v) is 11.6. The summed E-state index contributed by atoms with van der Waals surface area (Å²) in [5.41, 5.74) is -0.941. The third-order valence-corrected chi connectivity index (χ3v) is 9.08. The van der Waals surface area contributed by atoms with E-state index in [-0.39, 0.29) is 29.4 Å². The van der Waals surface area contributed by atoms with Crippen molar-refractivity contribution in [2.75, 3.05) is 50.9 Å². The summed E-state index contributed by atoms with van der Waals surface area (Å²) in [6, 6.07) is 2.59. The minimum absolute atomic E-state index is 0.0971. The molecule has 2 fully saturated rings. The van der Waals surface area contributed by atoms with Crippen molar-refractivity contribution in [1.29, 1.82) is 0 Å². The Morgan fingerprint density at radius 1 is 1.13 bits per heavy atom. The van der Waals surface area contributed by atoms with Crippen molar-refractivity contribution in [3.05, 3.63) is 29.8 Å². The number of sulfone groups is 1. The molecule has 2 saturated heterocycles. The first-order chi connectivity index (χ1) is 14.0. The van der Waals surface area contributed by atoms with Gasteiger partial charge in [0.25, 0.3) is 0 Å². The highest BCUT2D eigenvalue weighted by molar-refractivity contribution is 7.92. The van der Waals surface area contributed by atoms with Crippen LogP contribution >= 0.6 is 0 Å². The van der Waals surface area contributed by atoms with Gasteiger partial charge in [0.1, 0.15) is 0 Å². The van der Waals surface area contributed by atoms with E-state index in [9.17, 15) is 30.0 Å². The van der Waals surface area contributed by atoms with E-state index in [0.29, 0.717) is 26.2 Å². The predicted octanol–water partition coefficient (Wildman–Crippen LogP) is 1.61. The Balaban J connectivity index is 1.78. The Morgan fingerprint density at radius 2 is 1.77 bits per heavy atom. The van der Waals surface area contributed by atoms with E-state index in [1.807, 2.05) is 0 Å². The normalized spacial score (nSPS) is 23.1. The highest BCUT2D eigenvalue weighted by Crippen LogP contribution is 2.31. The maximum absolute atomic E-state index is 13.2. The van der Waals surface area contributed by atoms with Gasteiger partial charge in [-0.1, -0.05) is 0 Å². The van der Waals surface area contributed by atoms with Gasteiger partial charge in [-0.2, -0.15) is 17.5 Å². The number of benzene rings is 1. The Hall–Kier alpha value is -1.21. The number of sulfonamides is 1. The molecule has 0 bridgehead atoms. The number of ether oxygens (including phenoxy) is 1. The van der Waals surface area contributed by atoms with Gasteiger partial charge in [-0.25, -0.2) is 16.8 Å². The summed E-state index contributed by atoms with van der Waals surface area (Å²) in [6.45, 7) is 3.42. The molecule has 2 aliphatic rings. The van der Waals surface area contributed by atoms with E-state index < -0.39 is 37.6 Å². The molecule has 2 aliphatic heterocycles. The summed E-state index contributed by atoms with van der Waals surface area (Å²) in [7, 11) is -7.48. The highest BCUT2D eigenvalue weighted by atomic mass is 32.2. The van der Waals surface area contributed by atoms with Crippen LogP contribution in [0.5, 0.6) is 0 Å². The topological polar surface area (TPSA) is 84.0 Å². The van der Waals surface area contributed by atoms with E-state index in [1.165, 1.54) is 0 Å². The first-order valence-electron chi connectivity index (χ1n) is 9.69. The minimum atomic E-state index is -4.57. The zero-order chi connectivity index (χ0) is 22.0. The lowest BCUT2D eigenvalue weighted by Crippen LogP contribution is -2.43. The molecule has 3 rings (SSSR count). The Kier molecular flexibility index (Phi) is 7.12. The van der Waals surface area contributed by atoms with Crippen molar-refractivity contribution in [2.24, 2.45) is 0 Å². The van der Waals surface area contributed by atoms with Gasteiger partial charge in [0, 0.05) is 25.7 Å². The summed E-state index contributed by atoms with van der Waals surface area (Å²) >= 11 is 0. The molecule has 0 radical (unpaired) electrons. The van der Waals surface area contributed by atoms with Crippen LogP contribution in [0, 0.1) is 0 Å². The van der Waals surface area contributed by atoms with Gasteiger partial charge in [0.05, 0.1) is 35.2 Å². The lowest BCUT2D eigenvalue weighted by Gasteiger charge is -2.30. The number of hydrogen-bond acceptors (Lipinski definition) is 6. The van der Waals surface area contributed by atoms with Gasteiger partial charge in [-0.05, 0) is 43.7 Å². The summed E-state index contributed by atoms with van der Waals surface area (Å²) in [5.74, 6) is -0.370. The molecule has 0 saturated carbocycles. The fraction of sp³-hybridized carbons (Fsp3) is 0.667. The van der Waals surface area contributed by atoms with Crippen LogP contribution in [0.25, 0.3) is 0 Å². The van der Waals surface area contributed by atoms with Crippen molar-refractivity contribution in [3.8, 4) is 0 Å². The fourth-order valence-corrected chi connectivity index (χ4v) is 7.25. The molecular formula is C18H25F3N2O5S2. The molecule has 0 aromatic heterocycles. The zero-order valence-corrected chi connectivity index (χ0v) is 18.0. The van der Waals surface area contributed by atoms with Crippen LogP contribution in [0.3, 0.4) is 0 Å². The Bertz CT molecular complexity index is 928. The monoisotopic (exact) mass is 470 g/mol. The van der Waals surface area contributed by atoms with Gasteiger partial charge >= 0.3 is 6.18 Å². The van der Waals surface area contributed by atoms with Crippen LogP contribution in [-0.4, -0.2) is 83.0 Å². The molecule has 1 unspecified atom stereocenters. The van der Waals surface area contributed by atoms with Gasteiger partial charge in [0.15, 0.2) is 9.84 Å². The molecule has 1 aromatic carbocycles. The van der Waals surface area contributed by atoms with Gasteiger partial charge in [-0.15, -0.1) is 0 Å². The molecule has 0 spiro atoms. The zero-order valence-electron chi connectivity index (χ0n) is 16.3. The molecule has 0 amide bonds. The first-order valence-corrected chi connectivity index (χ1v) is 12.9. The van der Waals surface area contributed by atoms with Gasteiger partial charge < -0.3 is 4.74 Å². The van der Waals surface area contributed by atoms with Gasteiger partial charge in [-0.3, -0.25) is 4.90 Å². The molecule has 1 atom stereocenters. The smallest absolute Gasteiger partial charge is 0.379 e. The van der Waals surface area contributed by atoms with Crippen LogP contribution < -0.4 is 0 Å². The second kappa shape index (κ2) is 9.11. The Labute approximate surface area is 174 Å². The van der Waals surface area contributed by atoms with Crippen molar-refractivity contribution >= 4 is 19.9 Å². The van der Waals surface area contributed by atoms with Crippen LogP contribution in [0.4, 0.5) is 13.2 Å². The molecular weight excluding hydrogens is 445 g/mol. The standard InChI is InChI=1S/C18H25F3N2O5S2/c19-18(20,21)15-2-4-17(5-3-15)30(26,27)23(16-6-13-29(24,25)14-16)8-1-7-22-9-11-28-12-10-22/h2-5,16H,1,6-14H2. The van der Waals surface area contributed by atoms with E-state index in [4.69, 9.17) is 4.74 Å². The van der Waals surface area contributed by atoms with Crippen LogP contribution in [0.15, 0.2) is 29.2 Å². The SMILES string of the molecule is O=S1(=O)CCC(N(CCCN2CCOCC2)S(=O)(=O)c2ccc(C(F)(F)F)cc2)C1. The van der Waals surface area contributed by atoms with Crippen molar-refractivity contribution < 1.29 is 34.7 Å². The van der Waals surface area contributed by atoms with Crippen LogP contribution in [0.1, 0.15) is 18.4 Å². The second-order valence-electron chi connectivity index (χ2n) is 7.50. The molecule has 0 N–H and O–H groups in total. The molecule has 12 heteroatoms. The fourth-order valence-electron chi connectivity index (χ4n) is 3.73. The quantitative estimate of drug-likeness (QED) is 0.602. The van der Waals surface area contributed by atoms with Gasteiger partial charge in [0.2, 0.25) is 10.0 Å². The van der Waals surface area contributed by atoms with E-state index >= 15 is 0 Å². The van der Waals surface area contributed by atoms with E-state index in [1.54, 1.807) is 0 Å². The largest absolute Gasteiger partial charge is 0.416 e. The van der Waals surface area contributed by atoms with Crippen molar-refractivity contribution in [1.82, 2.24) is 9.21 Å². The predicted molar refractivity (Wildman–Crippen MR) is 104 cm³/mol. The Morgan fingerprint density at radius 3 is 2.30 bits per heavy atom. The minimum Gasteiger partial charge on any atom is -0.379 e. The van der Waals surface area contributed by atoms with Crippen molar-refractivity contribution in [3.63, 3.8) is 0 Å². The summed E-state index contributed by atoms with van der Waals surface area (Å²) in [4.78, 5) is 1.86. The lowest BCUT2D eigenvalue weighted by atomic mass is 10.2. The maximum Gasteiger partial charge on any atom is 0.416 e. The third kappa shape index (κ3) is 5.72. The number of nitrogens with zero attached hydrogens (tertiary/aromatic N) is 2. The average molecular weight is 471 g/mol. The molecule has 170 valence electrons. The molecule has 2 heterocycles. The molecule has 0 aliphatic carbocycles. The summed E-state index contributed by atoms with van der Waals surface area (Å²) in [6.07, 6.45) is -3.91. The van der Waals surface area contributed by atoms with E-state index in [0.717, 1.165) is 41.7 Å². The maximum atomic E-state index is 13.2. The molecule has 7 nitrogen and oxygen atoms in total. The first kappa shape index (κ1) is 23.5. The summed E-state index contributed by atoms with van der Waals surface area (Å²) in [5, 5.41) is 0.